The quantitative estimate of drug-likeness (QED) is 0.826. The maximum absolute atomic E-state index is 12.7. The highest BCUT2D eigenvalue weighted by Crippen LogP contribution is 2.33. The zero-order valence-corrected chi connectivity index (χ0v) is 14.0. The van der Waals surface area contributed by atoms with E-state index in [1.807, 2.05) is 53.4 Å². The largest absolute Gasteiger partial charge is 0.497 e. The first-order valence-corrected chi connectivity index (χ1v) is 8.14. The molecule has 2 aromatic carbocycles. The number of rotatable bonds is 4. The second kappa shape index (κ2) is 6.53. The molecule has 1 heterocycles. The lowest BCUT2D eigenvalue weighted by molar-refractivity contribution is -0.129. The molecule has 114 valence electrons. The number of hydrogen-bond donors (Lipinski definition) is 0. The molecule has 2 aromatic rings. The van der Waals surface area contributed by atoms with Crippen molar-refractivity contribution in [3.05, 3.63) is 64.1 Å². The van der Waals surface area contributed by atoms with Crippen LogP contribution in [-0.4, -0.2) is 24.5 Å². The number of likely N-dealkylation sites (tertiary alicyclic amines) is 1. The number of methoxy groups -OCH3 is 1. The maximum Gasteiger partial charge on any atom is 0.230 e. The Morgan fingerprint density at radius 1 is 1.18 bits per heavy atom. The van der Waals surface area contributed by atoms with Gasteiger partial charge in [-0.25, -0.2) is 0 Å². The van der Waals surface area contributed by atoms with E-state index in [4.69, 9.17) is 4.74 Å². The van der Waals surface area contributed by atoms with Gasteiger partial charge in [0.2, 0.25) is 5.91 Å². The molecule has 0 spiro atoms. The summed E-state index contributed by atoms with van der Waals surface area (Å²) in [7, 11) is 1.65. The highest BCUT2D eigenvalue weighted by molar-refractivity contribution is 9.10. The van der Waals surface area contributed by atoms with Crippen LogP contribution in [0.3, 0.4) is 0 Å². The van der Waals surface area contributed by atoms with Crippen molar-refractivity contribution in [2.45, 2.75) is 18.9 Å². The highest BCUT2D eigenvalue weighted by atomic mass is 79.9. The molecule has 0 N–H and O–H groups in total. The Bertz CT molecular complexity index is 669. The Balaban J connectivity index is 1.72. The average molecular weight is 360 g/mol. The molecular formula is C18H18BrNO2. The van der Waals surface area contributed by atoms with Crippen molar-refractivity contribution < 1.29 is 9.53 Å². The molecule has 3 nitrogen and oxygen atoms in total. The van der Waals surface area contributed by atoms with Crippen molar-refractivity contribution in [2.24, 2.45) is 0 Å². The summed E-state index contributed by atoms with van der Waals surface area (Å²) < 4.78 is 6.18. The van der Waals surface area contributed by atoms with Gasteiger partial charge >= 0.3 is 0 Å². The summed E-state index contributed by atoms with van der Waals surface area (Å²) in [5.74, 6) is 1.01. The fourth-order valence-corrected chi connectivity index (χ4v) is 3.45. The number of hydrogen-bond acceptors (Lipinski definition) is 2. The molecule has 0 aliphatic carbocycles. The lowest BCUT2D eigenvalue weighted by Gasteiger charge is -2.17. The third-order valence-electron chi connectivity index (χ3n) is 4.11. The van der Waals surface area contributed by atoms with E-state index in [0.717, 1.165) is 34.3 Å². The van der Waals surface area contributed by atoms with Gasteiger partial charge in [-0.15, -0.1) is 0 Å². The number of benzene rings is 2. The molecule has 1 aliphatic rings. The van der Waals surface area contributed by atoms with Gasteiger partial charge in [-0.1, -0.05) is 46.3 Å². The van der Waals surface area contributed by atoms with Crippen LogP contribution in [0.25, 0.3) is 0 Å². The molecule has 3 rings (SSSR count). The third-order valence-corrected chi connectivity index (χ3v) is 4.83. The molecule has 1 atom stereocenters. The molecule has 1 saturated heterocycles. The minimum absolute atomic E-state index is 0.0335. The predicted octanol–water partition coefficient (Wildman–Crippen LogP) is 3.97. The molecule has 1 aliphatic heterocycles. The molecular weight excluding hydrogens is 342 g/mol. The van der Waals surface area contributed by atoms with E-state index in [-0.39, 0.29) is 11.8 Å². The number of nitrogens with zero attached hydrogens (tertiary/aromatic N) is 1. The molecule has 1 amide bonds. The summed E-state index contributed by atoms with van der Waals surface area (Å²) in [6.45, 7) is 1.46. The second-order valence-corrected chi connectivity index (χ2v) is 6.32. The Morgan fingerprint density at radius 3 is 2.59 bits per heavy atom. The van der Waals surface area contributed by atoms with E-state index in [1.54, 1.807) is 7.11 Å². The summed E-state index contributed by atoms with van der Waals surface area (Å²) >= 11 is 3.55. The first-order chi connectivity index (χ1) is 10.7. The van der Waals surface area contributed by atoms with E-state index in [2.05, 4.69) is 15.9 Å². The Kier molecular flexibility index (Phi) is 4.48. The average Bonchev–Trinajstić information content (AvgIpc) is 2.90. The number of halogens is 1. The van der Waals surface area contributed by atoms with Crippen molar-refractivity contribution in [2.75, 3.05) is 13.7 Å². The van der Waals surface area contributed by atoms with Gasteiger partial charge in [0, 0.05) is 17.6 Å². The number of carbonyl (C=O) groups excluding carboxylic acids is 1. The fourth-order valence-electron chi connectivity index (χ4n) is 2.89. The number of carbonyl (C=O) groups is 1. The minimum atomic E-state index is -0.0335. The molecule has 1 unspecified atom stereocenters. The van der Waals surface area contributed by atoms with Crippen LogP contribution in [0.1, 0.15) is 23.5 Å². The van der Waals surface area contributed by atoms with Crippen LogP contribution in [-0.2, 0) is 11.3 Å². The van der Waals surface area contributed by atoms with Crippen molar-refractivity contribution in [1.29, 1.82) is 0 Å². The Labute approximate surface area is 139 Å². The molecule has 4 heteroatoms. The van der Waals surface area contributed by atoms with Crippen LogP contribution in [0.2, 0.25) is 0 Å². The molecule has 1 fully saturated rings. The van der Waals surface area contributed by atoms with Crippen LogP contribution in [0.5, 0.6) is 5.75 Å². The monoisotopic (exact) mass is 359 g/mol. The second-order valence-electron chi connectivity index (χ2n) is 5.47. The Hall–Kier alpha value is -1.81. The summed E-state index contributed by atoms with van der Waals surface area (Å²) in [5, 5.41) is 0. The zero-order chi connectivity index (χ0) is 15.5. The van der Waals surface area contributed by atoms with Gasteiger partial charge in [0.15, 0.2) is 0 Å². The van der Waals surface area contributed by atoms with Crippen molar-refractivity contribution in [3.8, 4) is 5.75 Å². The molecule has 22 heavy (non-hydrogen) atoms. The summed E-state index contributed by atoms with van der Waals surface area (Å²) in [6, 6.07) is 15.9. The summed E-state index contributed by atoms with van der Waals surface area (Å²) in [4.78, 5) is 14.6. The standard InChI is InChI=1S/C18H18BrNO2/c1-22-14-8-6-13(7-9-14)12-20-11-10-16(18(20)21)15-4-2-3-5-17(15)19/h2-9,16H,10-12H2,1H3. The van der Waals surface area contributed by atoms with E-state index in [1.165, 1.54) is 0 Å². The fraction of sp³-hybridized carbons (Fsp3) is 0.278. The molecule has 0 aromatic heterocycles. The first-order valence-electron chi connectivity index (χ1n) is 7.35. The third kappa shape index (κ3) is 3.02. The molecule has 0 bridgehead atoms. The van der Waals surface area contributed by atoms with Crippen LogP contribution in [0, 0.1) is 0 Å². The number of amides is 1. The lowest BCUT2D eigenvalue weighted by atomic mass is 9.98. The molecule has 0 radical (unpaired) electrons. The summed E-state index contributed by atoms with van der Waals surface area (Å²) in [5.41, 5.74) is 2.21. The normalized spacial score (nSPS) is 17.8. The van der Waals surface area contributed by atoms with Gasteiger partial charge < -0.3 is 9.64 Å². The van der Waals surface area contributed by atoms with Crippen molar-refractivity contribution in [3.63, 3.8) is 0 Å². The minimum Gasteiger partial charge on any atom is -0.497 e. The van der Waals surface area contributed by atoms with Crippen LogP contribution < -0.4 is 4.74 Å². The molecule has 0 saturated carbocycles. The smallest absolute Gasteiger partial charge is 0.230 e. The van der Waals surface area contributed by atoms with E-state index < -0.39 is 0 Å². The van der Waals surface area contributed by atoms with Gasteiger partial charge in [0.1, 0.15) is 5.75 Å². The predicted molar refractivity (Wildman–Crippen MR) is 89.9 cm³/mol. The van der Waals surface area contributed by atoms with E-state index in [9.17, 15) is 4.79 Å². The van der Waals surface area contributed by atoms with Crippen LogP contribution in [0.4, 0.5) is 0 Å². The Morgan fingerprint density at radius 2 is 1.91 bits per heavy atom. The topological polar surface area (TPSA) is 29.5 Å². The highest BCUT2D eigenvalue weighted by Gasteiger charge is 2.33. The van der Waals surface area contributed by atoms with Gasteiger partial charge in [0.05, 0.1) is 13.0 Å². The lowest BCUT2D eigenvalue weighted by Crippen LogP contribution is -2.26. The van der Waals surface area contributed by atoms with Crippen LogP contribution in [0.15, 0.2) is 53.0 Å². The maximum atomic E-state index is 12.7. The SMILES string of the molecule is COc1ccc(CN2CCC(c3ccccc3Br)C2=O)cc1. The van der Waals surface area contributed by atoms with Gasteiger partial charge in [-0.3, -0.25) is 4.79 Å². The van der Waals surface area contributed by atoms with Crippen LogP contribution >= 0.6 is 15.9 Å². The summed E-state index contributed by atoms with van der Waals surface area (Å²) in [6.07, 6.45) is 0.873. The van der Waals surface area contributed by atoms with Gasteiger partial charge in [0.25, 0.3) is 0 Å². The van der Waals surface area contributed by atoms with E-state index >= 15 is 0 Å². The number of ether oxygens (including phenoxy) is 1. The van der Waals surface area contributed by atoms with E-state index in [0.29, 0.717) is 6.54 Å². The van der Waals surface area contributed by atoms with Gasteiger partial charge in [-0.2, -0.15) is 0 Å². The van der Waals surface area contributed by atoms with Crippen molar-refractivity contribution >= 4 is 21.8 Å². The van der Waals surface area contributed by atoms with Crippen molar-refractivity contribution in [1.82, 2.24) is 4.90 Å². The van der Waals surface area contributed by atoms with Gasteiger partial charge in [-0.05, 0) is 35.7 Å². The first kappa shape index (κ1) is 15.1. The zero-order valence-electron chi connectivity index (χ0n) is 12.5.